The molecule has 0 bridgehead atoms. The molecule has 1 aliphatic rings. The lowest BCUT2D eigenvalue weighted by Crippen LogP contribution is -2.51. The van der Waals surface area contributed by atoms with E-state index in [-0.39, 0.29) is 11.6 Å². The second-order valence-electron chi connectivity index (χ2n) is 6.54. The van der Waals surface area contributed by atoms with E-state index in [1.807, 2.05) is 31.2 Å². The molecule has 1 aliphatic heterocycles. The van der Waals surface area contributed by atoms with E-state index in [2.05, 4.69) is 10.2 Å². The van der Waals surface area contributed by atoms with Crippen LogP contribution in [0.1, 0.15) is 22.8 Å². The van der Waals surface area contributed by atoms with Crippen molar-refractivity contribution < 1.29 is 19.4 Å². The van der Waals surface area contributed by atoms with Gasteiger partial charge in [0.15, 0.2) is 0 Å². The first-order valence-corrected chi connectivity index (χ1v) is 9.40. The van der Waals surface area contributed by atoms with Gasteiger partial charge >= 0.3 is 12.0 Å². The monoisotopic (exact) mass is 383 g/mol. The molecular formula is C21H25N3O4. The summed E-state index contributed by atoms with van der Waals surface area (Å²) in [6.45, 7) is 5.69. The number of carboxylic acids is 1. The molecule has 7 nitrogen and oxygen atoms in total. The minimum atomic E-state index is -0.959. The highest BCUT2D eigenvalue weighted by Gasteiger charge is 2.22. The van der Waals surface area contributed by atoms with Crippen LogP contribution in [0.4, 0.5) is 10.5 Å². The summed E-state index contributed by atoms with van der Waals surface area (Å²) in [5, 5.41) is 11.8. The molecule has 3 rings (SSSR count). The molecule has 1 saturated heterocycles. The van der Waals surface area contributed by atoms with Crippen molar-refractivity contribution in [2.24, 2.45) is 0 Å². The number of carboxylic acid groups (broad SMARTS) is 1. The zero-order chi connectivity index (χ0) is 19.9. The van der Waals surface area contributed by atoms with E-state index in [1.54, 1.807) is 29.2 Å². The Morgan fingerprint density at radius 2 is 1.71 bits per heavy atom. The Morgan fingerprint density at radius 3 is 2.36 bits per heavy atom. The average molecular weight is 383 g/mol. The molecule has 0 radical (unpaired) electrons. The second kappa shape index (κ2) is 9.12. The van der Waals surface area contributed by atoms with Gasteiger partial charge < -0.3 is 25.0 Å². The van der Waals surface area contributed by atoms with E-state index in [0.717, 1.165) is 30.1 Å². The maximum atomic E-state index is 12.4. The summed E-state index contributed by atoms with van der Waals surface area (Å²) in [5.41, 5.74) is 2.16. The third-order valence-electron chi connectivity index (χ3n) is 4.72. The van der Waals surface area contributed by atoms with E-state index in [0.29, 0.717) is 26.2 Å². The van der Waals surface area contributed by atoms with Crippen LogP contribution in [-0.4, -0.2) is 54.8 Å². The van der Waals surface area contributed by atoms with Crippen molar-refractivity contribution in [3.63, 3.8) is 0 Å². The number of aromatic carboxylic acids is 1. The highest BCUT2D eigenvalue weighted by Crippen LogP contribution is 2.28. The van der Waals surface area contributed by atoms with Crippen LogP contribution >= 0.6 is 0 Å². The van der Waals surface area contributed by atoms with Crippen molar-refractivity contribution in [2.45, 2.75) is 13.5 Å². The number of carbonyl (C=O) groups excluding carboxylic acids is 1. The Balaban J connectivity index is 1.50. The van der Waals surface area contributed by atoms with Gasteiger partial charge in [0.2, 0.25) is 0 Å². The number of nitrogens with zero attached hydrogens (tertiary/aromatic N) is 2. The minimum absolute atomic E-state index is 0.111. The van der Waals surface area contributed by atoms with Crippen LogP contribution in [0.15, 0.2) is 48.5 Å². The third kappa shape index (κ3) is 4.73. The number of hydrogen-bond donors (Lipinski definition) is 2. The normalized spacial score (nSPS) is 13.9. The number of piperazine rings is 1. The fourth-order valence-electron chi connectivity index (χ4n) is 3.20. The first kappa shape index (κ1) is 19.5. The molecule has 0 aliphatic carbocycles. The van der Waals surface area contributed by atoms with Crippen LogP contribution in [0, 0.1) is 0 Å². The van der Waals surface area contributed by atoms with Crippen LogP contribution in [0.2, 0.25) is 0 Å². The minimum Gasteiger partial charge on any atom is -0.492 e. The van der Waals surface area contributed by atoms with Crippen LogP contribution in [-0.2, 0) is 6.54 Å². The number of nitrogens with one attached hydrogen (secondary N) is 1. The molecule has 148 valence electrons. The predicted molar refractivity (Wildman–Crippen MR) is 107 cm³/mol. The molecule has 0 aromatic heterocycles. The van der Waals surface area contributed by atoms with Gasteiger partial charge in [-0.15, -0.1) is 0 Å². The molecule has 0 unspecified atom stereocenters. The van der Waals surface area contributed by atoms with Crippen molar-refractivity contribution in [1.29, 1.82) is 0 Å². The summed E-state index contributed by atoms with van der Waals surface area (Å²) in [4.78, 5) is 27.4. The molecular weight excluding hydrogens is 358 g/mol. The van der Waals surface area contributed by atoms with E-state index >= 15 is 0 Å². The average Bonchev–Trinajstić information content (AvgIpc) is 2.73. The molecule has 2 amide bonds. The lowest BCUT2D eigenvalue weighted by atomic mass is 10.1. The van der Waals surface area contributed by atoms with Gasteiger partial charge in [0.25, 0.3) is 0 Å². The zero-order valence-corrected chi connectivity index (χ0v) is 15.9. The fourth-order valence-corrected chi connectivity index (χ4v) is 3.20. The van der Waals surface area contributed by atoms with Crippen LogP contribution in [0.25, 0.3) is 0 Å². The number of ether oxygens (including phenoxy) is 1. The Labute approximate surface area is 164 Å². The number of benzene rings is 2. The number of hydrogen-bond acceptors (Lipinski definition) is 4. The number of para-hydroxylation sites is 2. The van der Waals surface area contributed by atoms with E-state index < -0.39 is 5.97 Å². The summed E-state index contributed by atoms with van der Waals surface area (Å²) in [5.74, 6) is -0.0907. The number of rotatable bonds is 6. The lowest BCUT2D eigenvalue weighted by Gasteiger charge is -2.36. The summed E-state index contributed by atoms with van der Waals surface area (Å²) in [7, 11) is 0. The largest absolute Gasteiger partial charge is 0.492 e. The standard InChI is InChI=1S/C21H25N3O4/c1-2-28-19-6-4-3-5-18(19)23-11-13-24(14-12-23)21(27)22-15-16-7-9-17(10-8-16)20(25)26/h3-10H,2,11-15H2,1H3,(H,22,27)(H,25,26). The quantitative estimate of drug-likeness (QED) is 0.802. The summed E-state index contributed by atoms with van der Waals surface area (Å²) in [6.07, 6.45) is 0. The molecule has 2 N–H and O–H groups in total. The molecule has 0 spiro atoms. The van der Waals surface area contributed by atoms with Gasteiger partial charge in [-0.2, -0.15) is 0 Å². The molecule has 1 heterocycles. The van der Waals surface area contributed by atoms with Crippen molar-refractivity contribution in [3.8, 4) is 5.75 Å². The molecule has 28 heavy (non-hydrogen) atoms. The van der Waals surface area contributed by atoms with Crippen LogP contribution < -0.4 is 15.0 Å². The molecule has 2 aromatic carbocycles. The van der Waals surface area contributed by atoms with Crippen LogP contribution in [0.3, 0.4) is 0 Å². The summed E-state index contributed by atoms with van der Waals surface area (Å²) in [6, 6.07) is 14.4. The Morgan fingerprint density at radius 1 is 1.04 bits per heavy atom. The van der Waals surface area contributed by atoms with Gasteiger partial charge in [0.1, 0.15) is 5.75 Å². The van der Waals surface area contributed by atoms with Gasteiger partial charge in [-0.3, -0.25) is 0 Å². The number of amides is 2. The first-order valence-electron chi connectivity index (χ1n) is 9.40. The number of carbonyl (C=O) groups is 2. The van der Waals surface area contributed by atoms with Crippen molar-refractivity contribution in [1.82, 2.24) is 10.2 Å². The van der Waals surface area contributed by atoms with Gasteiger partial charge in [0.05, 0.1) is 17.9 Å². The second-order valence-corrected chi connectivity index (χ2v) is 6.54. The van der Waals surface area contributed by atoms with E-state index in [4.69, 9.17) is 9.84 Å². The number of anilines is 1. The van der Waals surface area contributed by atoms with Crippen molar-refractivity contribution >= 4 is 17.7 Å². The number of urea groups is 1. The topological polar surface area (TPSA) is 82.1 Å². The smallest absolute Gasteiger partial charge is 0.335 e. The van der Waals surface area contributed by atoms with Crippen LogP contribution in [0.5, 0.6) is 5.75 Å². The molecule has 1 fully saturated rings. The maximum Gasteiger partial charge on any atom is 0.335 e. The van der Waals surface area contributed by atoms with Crippen molar-refractivity contribution in [2.75, 3.05) is 37.7 Å². The van der Waals surface area contributed by atoms with E-state index in [9.17, 15) is 9.59 Å². The SMILES string of the molecule is CCOc1ccccc1N1CCN(C(=O)NCc2ccc(C(=O)O)cc2)CC1. The van der Waals surface area contributed by atoms with Gasteiger partial charge in [-0.1, -0.05) is 24.3 Å². The summed E-state index contributed by atoms with van der Waals surface area (Å²) >= 11 is 0. The Hall–Kier alpha value is -3.22. The zero-order valence-electron chi connectivity index (χ0n) is 15.9. The Bertz CT molecular complexity index is 815. The molecule has 2 aromatic rings. The Kier molecular flexibility index (Phi) is 6.37. The van der Waals surface area contributed by atoms with Gasteiger partial charge in [-0.25, -0.2) is 9.59 Å². The molecule has 0 saturated carbocycles. The highest BCUT2D eigenvalue weighted by atomic mass is 16.5. The molecule has 7 heteroatoms. The van der Waals surface area contributed by atoms with Gasteiger partial charge in [0, 0.05) is 32.7 Å². The van der Waals surface area contributed by atoms with Gasteiger partial charge in [-0.05, 0) is 36.8 Å². The first-order chi connectivity index (χ1) is 13.6. The highest BCUT2D eigenvalue weighted by molar-refractivity contribution is 5.87. The van der Waals surface area contributed by atoms with E-state index in [1.165, 1.54) is 0 Å². The third-order valence-corrected chi connectivity index (χ3v) is 4.72. The molecule has 0 atom stereocenters. The maximum absolute atomic E-state index is 12.4. The lowest BCUT2D eigenvalue weighted by molar-refractivity contribution is 0.0697. The summed E-state index contributed by atoms with van der Waals surface area (Å²) < 4.78 is 5.70. The predicted octanol–water partition coefficient (Wildman–Crippen LogP) is 2.82. The fraction of sp³-hybridized carbons (Fsp3) is 0.333. The van der Waals surface area contributed by atoms with Crippen molar-refractivity contribution in [3.05, 3.63) is 59.7 Å².